The molecule has 1 aliphatic rings. The summed E-state index contributed by atoms with van der Waals surface area (Å²) in [6.45, 7) is 6.26. The molecule has 0 aliphatic carbocycles. The highest BCUT2D eigenvalue weighted by Gasteiger charge is 2.23. The summed E-state index contributed by atoms with van der Waals surface area (Å²) in [6.07, 6.45) is 0.424. The molecule has 1 aromatic carbocycles. The van der Waals surface area contributed by atoms with Crippen molar-refractivity contribution in [2.24, 2.45) is 5.92 Å². The molecule has 1 saturated heterocycles. The third-order valence-electron chi connectivity index (χ3n) is 3.65. The van der Waals surface area contributed by atoms with E-state index in [1.165, 1.54) is 0 Å². The van der Waals surface area contributed by atoms with Gasteiger partial charge in [-0.15, -0.1) is 0 Å². The molecule has 1 aromatic rings. The number of nitrogens with one attached hydrogen (secondary N) is 2. The third-order valence-corrected chi connectivity index (χ3v) is 4.00. The molecule has 1 heterocycles. The van der Waals surface area contributed by atoms with Crippen LogP contribution in [-0.4, -0.2) is 31.7 Å². The molecule has 0 radical (unpaired) electrons. The fourth-order valence-corrected chi connectivity index (χ4v) is 2.79. The average Bonchev–Trinajstić information content (AvgIpc) is 2.46. The van der Waals surface area contributed by atoms with Crippen molar-refractivity contribution in [2.45, 2.75) is 32.4 Å². The van der Waals surface area contributed by atoms with Crippen molar-refractivity contribution in [3.05, 3.63) is 34.9 Å². The lowest BCUT2D eigenvalue weighted by Gasteiger charge is -2.27. The largest absolute Gasteiger partial charge is 0.378 e. The van der Waals surface area contributed by atoms with E-state index in [2.05, 4.69) is 24.5 Å². The molecule has 1 aliphatic heterocycles. The number of amides is 1. The molecule has 5 heteroatoms. The number of hydrogen-bond acceptors (Lipinski definition) is 3. The lowest BCUT2D eigenvalue weighted by Crippen LogP contribution is -2.45. The maximum absolute atomic E-state index is 12.3. The summed E-state index contributed by atoms with van der Waals surface area (Å²) in [5.41, 5.74) is 0.968. The molecule has 4 nitrogen and oxygen atoms in total. The van der Waals surface area contributed by atoms with Crippen LogP contribution in [0.15, 0.2) is 24.3 Å². The Labute approximate surface area is 131 Å². The van der Waals surface area contributed by atoms with E-state index in [0.717, 1.165) is 12.1 Å². The summed E-state index contributed by atoms with van der Waals surface area (Å²) >= 11 is 6.25. The van der Waals surface area contributed by atoms with Crippen LogP contribution in [-0.2, 0) is 9.53 Å². The van der Waals surface area contributed by atoms with E-state index in [0.29, 0.717) is 24.7 Å². The van der Waals surface area contributed by atoms with Gasteiger partial charge in [0.2, 0.25) is 5.91 Å². The Kier molecular flexibility index (Phi) is 6.03. The summed E-state index contributed by atoms with van der Waals surface area (Å²) < 4.78 is 5.38. The van der Waals surface area contributed by atoms with Crippen molar-refractivity contribution in [3.63, 3.8) is 0 Å². The molecule has 0 spiro atoms. The fourth-order valence-electron chi connectivity index (χ4n) is 2.54. The van der Waals surface area contributed by atoms with E-state index >= 15 is 0 Å². The van der Waals surface area contributed by atoms with E-state index in [4.69, 9.17) is 16.3 Å². The Balaban J connectivity index is 1.99. The zero-order valence-corrected chi connectivity index (χ0v) is 13.3. The molecule has 0 bridgehead atoms. The molecule has 0 aromatic heterocycles. The number of benzene rings is 1. The summed E-state index contributed by atoms with van der Waals surface area (Å²) in [6, 6.07) is 7.69. The third kappa shape index (κ3) is 4.70. The summed E-state index contributed by atoms with van der Waals surface area (Å²) in [7, 11) is 0. The standard InChI is InChI=1S/C16H23ClN2O2/c1-11(2)16(13-5-3-4-6-14(13)17)19-15(20)9-12-10-21-8-7-18-12/h3-6,11-12,16,18H,7-10H2,1-2H3,(H,19,20). The number of halogens is 1. The van der Waals surface area contributed by atoms with Gasteiger partial charge in [-0.3, -0.25) is 4.79 Å². The lowest BCUT2D eigenvalue weighted by molar-refractivity contribution is -0.123. The van der Waals surface area contributed by atoms with Crippen LogP contribution in [0, 0.1) is 5.92 Å². The van der Waals surface area contributed by atoms with Crippen molar-refractivity contribution in [3.8, 4) is 0 Å². The minimum absolute atomic E-state index is 0.0246. The van der Waals surface area contributed by atoms with Crippen LogP contribution in [0.3, 0.4) is 0 Å². The van der Waals surface area contributed by atoms with Gasteiger partial charge in [-0.25, -0.2) is 0 Å². The Morgan fingerprint density at radius 3 is 2.86 bits per heavy atom. The summed E-state index contributed by atoms with van der Waals surface area (Å²) in [4.78, 5) is 12.3. The first-order valence-electron chi connectivity index (χ1n) is 7.43. The van der Waals surface area contributed by atoms with Gasteiger partial charge in [0.25, 0.3) is 0 Å². The number of morpholine rings is 1. The van der Waals surface area contributed by atoms with Gasteiger partial charge < -0.3 is 15.4 Å². The van der Waals surface area contributed by atoms with E-state index < -0.39 is 0 Å². The van der Waals surface area contributed by atoms with Crippen LogP contribution in [0.5, 0.6) is 0 Å². The second-order valence-electron chi connectivity index (χ2n) is 5.74. The molecular formula is C16H23ClN2O2. The smallest absolute Gasteiger partial charge is 0.222 e. The lowest BCUT2D eigenvalue weighted by atomic mass is 9.95. The van der Waals surface area contributed by atoms with Crippen LogP contribution in [0.4, 0.5) is 0 Å². The average molecular weight is 311 g/mol. The molecule has 2 atom stereocenters. The fraction of sp³-hybridized carbons (Fsp3) is 0.562. The minimum Gasteiger partial charge on any atom is -0.378 e. The Morgan fingerprint density at radius 2 is 2.24 bits per heavy atom. The molecule has 2 N–H and O–H groups in total. The number of carbonyl (C=O) groups is 1. The summed E-state index contributed by atoms with van der Waals surface area (Å²) in [5, 5.41) is 7.08. The van der Waals surface area contributed by atoms with Gasteiger partial charge >= 0.3 is 0 Å². The van der Waals surface area contributed by atoms with Crippen molar-refractivity contribution in [1.29, 1.82) is 0 Å². The second kappa shape index (κ2) is 7.78. The van der Waals surface area contributed by atoms with Gasteiger partial charge in [0, 0.05) is 24.0 Å². The molecule has 116 valence electrons. The molecular weight excluding hydrogens is 288 g/mol. The van der Waals surface area contributed by atoms with Gasteiger partial charge in [-0.2, -0.15) is 0 Å². The quantitative estimate of drug-likeness (QED) is 0.878. The van der Waals surface area contributed by atoms with Crippen LogP contribution < -0.4 is 10.6 Å². The number of ether oxygens (including phenoxy) is 1. The van der Waals surface area contributed by atoms with E-state index in [1.54, 1.807) is 0 Å². The van der Waals surface area contributed by atoms with Crippen molar-refractivity contribution in [2.75, 3.05) is 19.8 Å². The topological polar surface area (TPSA) is 50.4 Å². The molecule has 1 amide bonds. The molecule has 2 unspecified atom stereocenters. The summed E-state index contributed by atoms with van der Waals surface area (Å²) in [5.74, 6) is 0.293. The number of carbonyl (C=O) groups excluding carboxylic acids is 1. The van der Waals surface area contributed by atoms with Gasteiger partial charge in [0.05, 0.1) is 19.3 Å². The Hall–Kier alpha value is -1.10. The molecule has 0 saturated carbocycles. The first-order chi connectivity index (χ1) is 10.1. The number of rotatable bonds is 5. The van der Waals surface area contributed by atoms with Crippen LogP contribution in [0.25, 0.3) is 0 Å². The number of hydrogen-bond donors (Lipinski definition) is 2. The van der Waals surface area contributed by atoms with Gasteiger partial charge in [-0.05, 0) is 17.5 Å². The highest BCUT2D eigenvalue weighted by Crippen LogP contribution is 2.28. The predicted octanol–water partition coefficient (Wildman–Crippen LogP) is 2.53. The normalized spacial score (nSPS) is 20.3. The molecule has 2 rings (SSSR count). The molecule has 1 fully saturated rings. The Morgan fingerprint density at radius 1 is 1.48 bits per heavy atom. The van der Waals surface area contributed by atoms with E-state index in [9.17, 15) is 4.79 Å². The second-order valence-corrected chi connectivity index (χ2v) is 6.15. The first kappa shape index (κ1) is 16.3. The van der Waals surface area contributed by atoms with Crippen LogP contribution in [0.1, 0.15) is 31.9 Å². The highest BCUT2D eigenvalue weighted by molar-refractivity contribution is 6.31. The van der Waals surface area contributed by atoms with E-state index in [-0.39, 0.29) is 23.9 Å². The highest BCUT2D eigenvalue weighted by atomic mass is 35.5. The zero-order chi connectivity index (χ0) is 15.2. The maximum atomic E-state index is 12.3. The first-order valence-corrected chi connectivity index (χ1v) is 7.80. The van der Waals surface area contributed by atoms with Crippen LogP contribution >= 0.6 is 11.6 Å². The van der Waals surface area contributed by atoms with Gasteiger partial charge in [0.1, 0.15) is 0 Å². The zero-order valence-electron chi connectivity index (χ0n) is 12.6. The minimum atomic E-state index is -0.0734. The van der Waals surface area contributed by atoms with E-state index in [1.807, 2.05) is 24.3 Å². The van der Waals surface area contributed by atoms with Gasteiger partial charge in [-0.1, -0.05) is 43.6 Å². The van der Waals surface area contributed by atoms with Crippen molar-refractivity contribution in [1.82, 2.24) is 10.6 Å². The Bertz CT molecular complexity index is 473. The maximum Gasteiger partial charge on any atom is 0.222 e. The van der Waals surface area contributed by atoms with Crippen LogP contribution in [0.2, 0.25) is 5.02 Å². The monoisotopic (exact) mass is 310 g/mol. The van der Waals surface area contributed by atoms with Gasteiger partial charge in [0.15, 0.2) is 0 Å². The van der Waals surface area contributed by atoms with Crippen molar-refractivity contribution < 1.29 is 9.53 Å². The SMILES string of the molecule is CC(C)C(NC(=O)CC1COCCN1)c1ccccc1Cl. The van der Waals surface area contributed by atoms with Crippen molar-refractivity contribution >= 4 is 17.5 Å². The predicted molar refractivity (Wildman–Crippen MR) is 84.4 cm³/mol. The molecule has 21 heavy (non-hydrogen) atoms.